The molecule has 7 heteroatoms. The molecule has 0 amide bonds. The van der Waals surface area contributed by atoms with E-state index < -0.39 is 8.07 Å². The number of benzene rings is 3. The van der Waals surface area contributed by atoms with Crippen molar-refractivity contribution in [2.75, 3.05) is 0 Å². The number of furan rings is 1. The van der Waals surface area contributed by atoms with Gasteiger partial charge in [0.1, 0.15) is 0 Å². The van der Waals surface area contributed by atoms with Crippen LogP contribution in [-0.4, -0.2) is 27.6 Å². The SMILES string of the molecule is CC(C)n1c(-c2[c-]cccc2)nc2ccccc21.Cc1ccc2c(n1)oc1c(-c3cc(CC(C)(C)C)c([Si](C)(C)C)cn3)[c-]ccc12.[Ir]. The number of hydrogen-bond donors (Lipinski definition) is 0. The van der Waals surface area contributed by atoms with Gasteiger partial charge < -0.3 is 14.0 Å². The number of para-hydroxylation sites is 2. The molecular weight excluding hydrogens is 785 g/mol. The van der Waals surface area contributed by atoms with Crippen molar-refractivity contribution < 1.29 is 24.5 Å². The van der Waals surface area contributed by atoms with Gasteiger partial charge in [-0.3, -0.25) is 4.98 Å². The first-order valence-corrected chi connectivity index (χ1v) is 19.9. The molecule has 0 unspecified atom stereocenters. The second kappa shape index (κ2) is 13.9. The second-order valence-electron chi connectivity index (χ2n) is 14.9. The van der Waals surface area contributed by atoms with Crippen LogP contribution >= 0.6 is 0 Å². The fraction of sp³-hybridized carbons (Fsp3) is 0.293. The molecule has 1 radical (unpaired) electrons. The van der Waals surface area contributed by atoms with E-state index in [9.17, 15) is 0 Å². The Labute approximate surface area is 299 Å². The first-order chi connectivity index (χ1) is 22.3. The van der Waals surface area contributed by atoms with Gasteiger partial charge in [0.05, 0.1) is 30.5 Å². The Hall–Kier alpha value is -3.90. The quantitative estimate of drug-likeness (QED) is 0.128. The summed E-state index contributed by atoms with van der Waals surface area (Å²) in [6, 6.07) is 33.6. The summed E-state index contributed by atoms with van der Waals surface area (Å²) in [5.41, 5.74) is 9.15. The first kappa shape index (κ1) is 35.4. The molecule has 0 saturated heterocycles. The molecule has 0 bridgehead atoms. The Balaban J connectivity index is 0.000000204. The molecule has 0 aliphatic rings. The number of aromatic nitrogens is 4. The second-order valence-corrected chi connectivity index (χ2v) is 19.9. The monoisotopic (exact) mass is 829 g/mol. The summed E-state index contributed by atoms with van der Waals surface area (Å²) in [5.74, 6) is 0.992. The van der Waals surface area contributed by atoms with Crippen LogP contribution in [0.1, 0.15) is 51.9 Å². The van der Waals surface area contributed by atoms with Crippen LogP contribution < -0.4 is 5.19 Å². The summed E-state index contributed by atoms with van der Waals surface area (Å²) in [5, 5.41) is 3.54. The number of aryl methyl sites for hydroxylation is 1. The van der Waals surface area contributed by atoms with Gasteiger partial charge in [0.2, 0.25) is 5.71 Å². The molecule has 0 atom stereocenters. The Kier molecular flexibility index (Phi) is 10.3. The van der Waals surface area contributed by atoms with Crippen molar-refractivity contribution in [3.63, 3.8) is 0 Å². The van der Waals surface area contributed by atoms with Crippen molar-refractivity contribution in [3.8, 4) is 22.6 Å². The number of fused-ring (bicyclic) bond motifs is 4. The van der Waals surface area contributed by atoms with Gasteiger partial charge in [-0.1, -0.05) is 75.1 Å². The van der Waals surface area contributed by atoms with Crippen LogP contribution in [0.25, 0.3) is 55.7 Å². The van der Waals surface area contributed by atoms with Gasteiger partial charge in [0.15, 0.2) is 0 Å². The first-order valence-electron chi connectivity index (χ1n) is 16.4. The molecule has 4 aromatic heterocycles. The summed E-state index contributed by atoms with van der Waals surface area (Å²) >= 11 is 0. The maximum atomic E-state index is 6.18. The largest absolute Gasteiger partial charge is 0.486 e. The Morgan fingerprint density at radius 1 is 0.875 bits per heavy atom. The average molecular weight is 829 g/mol. The molecule has 249 valence electrons. The molecule has 0 saturated carbocycles. The van der Waals surface area contributed by atoms with E-state index in [1.165, 1.54) is 16.3 Å². The third-order valence-corrected chi connectivity index (χ3v) is 10.3. The number of nitrogens with zero attached hydrogens (tertiary/aromatic N) is 4. The van der Waals surface area contributed by atoms with E-state index >= 15 is 0 Å². The molecule has 3 aromatic carbocycles. The van der Waals surface area contributed by atoms with Crippen LogP contribution in [0.5, 0.6) is 0 Å². The minimum absolute atomic E-state index is 0. The summed E-state index contributed by atoms with van der Waals surface area (Å²) in [6.07, 6.45) is 3.12. The van der Waals surface area contributed by atoms with Crippen molar-refractivity contribution >= 4 is 46.4 Å². The van der Waals surface area contributed by atoms with Crippen LogP contribution in [0, 0.1) is 24.5 Å². The van der Waals surface area contributed by atoms with E-state index in [1.54, 1.807) is 0 Å². The zero-order chi connectivity index (χ0) is 33.5. The zero-order valence-electron chi connectivity index (χ0n) is 29.4. The topological polar surface area (TPSA) is 56.7 Å². The van der Waals surface area contributed by atoms with Crippen LogP contribution in [0.2, 0.25) is 19.6 Å². The van der Waals surface area contributed by atoms with Gasteiger partial charge >= 0.3 is 0 Å². The summed E-state index contributed by atoms with van der Waals surface area (Å²) < 4.78 is 8.45. The van der Waals surface area contributed by atoms with E-state index in [-0.39, 0.29) is 25.5 Å². The van der Waals surface area contributed by atoms with E-state index in [1.807, 2.05) is 49.4 Å². The van der Waals surface area contributed by atoms with Crippen molar-refractivity contribution in [3.05, 3.63) is 108 Å². The summed E-state index contributed by atoms with van der Waals surface area (Å²) in [6.45, 7) is 20.4. The van der Waals surface area contributed by atoms with Crippen LogP contribution in [-0.2, 0) is 26.5 Å². The molecule has 0 N–H and O–H groups in total. The van der Waals surface area contributed by atoms with E-state index in [0.29, 0.717) is 11.8 Å². The number of imidazole rings is 1. The Morgan fingerprint density at radius 2 is 1.62 bits per heavy atom. The van der Waals surface area contributed by atoms with Crippen molar-refractivity contribution in [1.29, 1.82) is 0 Å². The minimum atomic E-state index is -1.49. The smallest absolute Gasteiger partial charge is 0.216 e. The zero-order valence-corrected chi connectivity index (χ0v) is 32.8. The maximum Gasteiger partial charge on any atom is 0.216 e. The van der Waals surface area contributed by atoms with Crippen molar-refractivity contribution in [2.45, 2.75) is 73.6 Å². The molecule has 0 aliphatic heterocycles. The van der Waals surface area contributed by atoms with E-state index in [4.69, 9.17) is 14.4 Å². The fourth-order valence-corrected chi connectivity index (χ4v) is 7.80. The molecule has 5 nitrogen and oxygen atoms in total. The molecule has 0 spiro atoms. The van der Waals surface area contributed by atoms with Crippen molar-refractivity contribution in [2.24, 2.45) is 5.41 Å². The van der Waals surface area contributed by atoms with Crippen LogP contribution in [0.3, 0.4) is 0 Å². The van der Waals surface area contributed by atoms with Crippen LogP contribution in [0.4, 0.5) is 0 Å². The number of rotatable bonds is 5. The van der Waals surface area contributed by atoms with E-state index in [2.05, 4.69) is 119 Å². The van der Waals surface area contributed by atoms with Gasteiger partial charge in [-0.15, -0.1) is 54.1 Å². The minimum Gasteiger partial charge on any atom is -0.486 e. The standard InChI is InChI=1S/C25H29N2OSi.C16H15N2.Ir/c1-16-11-12-19-18-9-8-10-20(23(18)28-24(19)27-16)21-13-17(14-25(2,3)4)22(15-26-21)29(5,6)7;1-12(2)18-15-11-7-6-10-14(15)17-16(18)13-8-4-3-5-9-13;/h8-9,11-13,15H,14H2,1-7H3;3-8,10-12H,1-2H3;/q2*-1;. The predicted octanol–water partition coefficient (Wildman–Crippen LogP) is 10.4. The maximum absolute atomic E-state index is 6.18. The van der Waals surface area contributed by atoms with Gasteiger partial charge in [0.25, 0.3) is 0 Å². The predicted molar refractivity (Wildman–Crippen MR) is 199 cm³/mol. The summed E-state index contributed by atoms with van der Waals surface area (Å²) in [4.78, 5) is 14.2. The van der Waals surface area contributed by atoms with Gasteiger partial charge in [-0.25, -0.2) is 4.98 Å². The molecular formula is C41H44IrN4OSi-2. The molecule has 7 aromatic rings. The van der Waals surface area contributed by atoms with Crippen LogP contribution in [0.15, 0.2) is 89.5 Å². The molecule has 7 rings (SSSR count). The molecule has 0 fully saturated rings. The fourth-order valence-electron chi connectivity index (χ4n) is 6.22. The van der Waals surface area contributed by atoms with Gasteiger partial charge in [-0.2, -0.15) is 0 Å². The van der Waals surface area contributed by atoms with Crippen molar-refractivity contribution in [1.82, 2.24) is 19.5 Å². The third-order valence-electron chi connectivity index (χ3n) is 8.27. The Bertz CT molecular complexity index is 2190. The number of pyridine rings is 2. The van der Waals surface area contributed by atoms with Gasteiger partial charge in [-0.05, 0) is 67.8 Å². The summed E-state index contributed by atoms with van der Waals surface area (Å²) in [7, 11) is -1.49. The molecule has 0 aliphatic carbocycles. The normalized spacial score (nSPS) is 12.0. The Morgan fingerprint density at radius 3 is 2.31 bits per heavy atom. The number of hydrogen-bond acceptors (Lipinski definition) is 4. The third kappa shape index (κ3) is 7.39. The van der Waals surface area contributed by atoms with Gasteiger partial charge in [0, 0.05) is 43.4 Å². The molecule has 4 heterocycles. The molecule has 48 heavy (non-hydrogen) atoms. The van der Waals surface area contributed by atoms with E-state index in [0.717, 1.165) is 56.6 Å². The average Bonchev–Trinajstić information content (AvgIpc) is 3.59.